The van der Waals surface area contributed by atoms with Crippen LogP contribution in [0.1, 0.15) is 12.5 Å². The van der Waals surface area contributed by atoms with Crippen LogP contribution in [0.3, 0.4) is 0 Å². The van der Waals surface area contributed by atoms with Crippen molar-refractivity contribution in [2.75, 3.05) is 59.0 Å². The predicted molar refractivity (Wildman–Crippen MR) is 137 cm³/mol. The first-order valence-corrected chi connectivity index (χ1v) is 10.3. The molecule has 0 aliphatic carbocycles. The van der Waals surface area contributed by atoms with Crippen molar-refractivity contribution in [1.29, 1.82) is 0 Å². The Bertz CT molecular complexity index is 840. The molecule has 0 aromatic heterocycles. The average Bonchev–Trinajstić information content (AvgIpc) is 2.81. The van der Waals surface area contributed by atoms with Crippen molar-refractivity contribution < 1.29 is 14.2 Å². The Morgan fingerprint density at radius 2 is 1.58 bits per heavy atom. The van der Waals surface area contributed by atoms with Crippen LogP contribution in [0.4, 0.5) is 5.69 Å². The van der Waals surface area contributed by atoms with Crippen LogP contribution >= 0.6 is 24.0 Å². The van der Waals surface area contributed by atoms with Gasteiger partial charge in [0.1, 0.15) is 0 Å². The molecule has 0 amide bonds. The number of piperazine rings is 1. The summed E-state index contributed by atoms with van der Waals surface area (Å²) < 4.78 is 16.5. The van der Waals surface area contributed by atoms with Gasteiger partial charge in [0.05, 0.1) is 27.9 Å². The van der Waals surface area contributed by atoms with Crippen LogP contribution in [0.2, 0.25) is 0 Å². The van der Waals surface area contributed by atoms with Gasteiger partial charge in [0.25, 0.3) is 0 Å². The molecule has 0 radical (unpaired) electrons. The summed E-state index contributed by atoms with van der Waals surface area (Å²) in [7, 11) is 4.87. The van der Waals surface area contributed by atoms with Gasteiger partial charge in [0, 0.05) is 44.0 Å². The van der Waals surface area contributed by atoms with Gasteiger partial charge in [-0.2, -0.15) is 0 Å². The SMILES string of the molecule is CCNC(=NCc1ccc(OC)c(OC)c1OC)N1CCN(c2ccccc2)CC1.I. The number of methoxy groups -OCH3 is 3. The van der Waals surface area contributed by atoms with Crippen molar-refractivity contribution in [2.24, 2.45) is 4.99 Å². The third kappa shape index (κ3) is 6.09. The van der Waals surface area contributed by atoms with Crippen molar-refractivity contribution in [3.63, 3.8) is 0 Å². The largest absolute Gasteiger partial charge is 0.493 e. The summed E-state index contributed by atoms with van der Waals surface area (Å²) >= 11 is 0. The lowest BCUT2D eigenvalue weighted by Crippen LogP contribution is -2.52. The first-order valence-electron chi connectivity index (χ1n) is 10.3. The zero-order valence-corrected chi connectivity index (χ0v) is 21.1. The number of rotatable bonds is 7. The number of hydrogen-bond donors (Lipinski definition) is 1. The van der Waals surface area contributed by atoms with Crippen molar-refractivity contribution in [3.8, 4) is 17.2 Å². The smallest absolute Gasteiger partial charge is 0.203 e. The summed E-state index contributed by atoms with van der Waals surface area (Å²) in [6.07, 6.45) is 0. The minimum absolute atomic E-state index is 0. The van der Waals surface area contributed by atoms with Crippen molar-refractivity contribution in [3.05, 3.63) is 48.0 Å². The monoisotopic (exact) mass is 540 g/mol. The number of nitrogens with one attached hydrogen (secondary N) is 1. The van der Waals surface area contributed by atoms with E-state index in [1.807, 2.05) is 12.1 Å². The molecule has 170 valence electrons. The van der Waals surface area contributed by atoms with Gasteiger partial charge < -0.3 is 29.3 Å². The Labute approximate surface area is 202 Å². The second-order valence-electron chi connectivity index (χ2n) is 6.97. The molecule has 0 spiro atoms. The van der Waals surface area contributed by atoms with Crippen molar-refractivity contribution in [1.82, 2.24) is 10.2 Å². The van der Waals surface area contributed by atoms with Gasteiger partial charge in [-0.3, -0.25) is 0 Å². The van der Waals surface area contributed by atoms with Crippen LogP contribution in [0.25, 0.3) is 0 Å². The number of para-hydroxylation sites is 1. The number of halogens is 1. The zero-order valence-electron chi connectivity index (χ0n) is 18.8. The van der Waals surface area contributed by atoms with E-state index < -0.39 is 0 Å². The number of hydrogen-bond acceptors (Lipinski definition) is 5. The summed E-state index contributed by atoms with van der Waals surface area (Å²) in [5.74, 6) is 2.81. The lowest BCUT2D eigenvalue weighted by atomic mass is 10.1. The molecule has 2 aromatic carbocycles. The fourth-order valence-corrected chi connectivity index (χ4v) is 3.69. The van der Waals surface area contributed by atoms with E-state index in [9.17, 15) is 0 Å². The molecular weight excluding hydrogens is 507 g/mol. The molecule has 1 saturated heterocycles. The zero-order chi connectivity index (χ0) is 21.3. The van der Waals surface area contributed by atoms with E-state index in [1.165, 1.54) is 5.69 Å². The van der Waals surface area contributed by atoms with Crippen LogP contribution < -0.4 is 24.4 Å². The number of ether oxygens (including phenoxy) is 3. The molecule has 3 rings (SSSR count). The summed E-state index contributed by atoms with van der Waals surface area (Å²) in [4.78, 5) is 9.61. The van der Waals surface area contributed by atoms with Crippen LogP contribution in [0.15, 0.2) is 47.5 Å². The maximum atomic E-state index is 5.60. The molecule has 0 unspecified atom stereocenters. The minimum atomic E-state index is 0. The maximum Gasteiger partial charge on any atom is 0.203 e. The summed E-state index contributed by atoms with van der Waals surface area (Å²) in [6, 6.07) is 14.4. The van der Waals surface area contributed by atoms with E-state index in [0.29, 0.717) is 23.8 Å². The van der Waals surface area contributed by atoms with Crippen LogP contribution in [-0.2, 0) is 6.54 Å². The topological polar surface area (TPSA) is 58.6 Å². The Morgan fingerprint density at radius 1 is 0.903 bits per heavy atom. The molecule has 1 heterocycles. The molecule has 31 heavy (non-hydrogen) atoms. The van der Waals surface area contributed by atoms with Gasteiger partial charge in [-0.1, -0.05) is 18.2 Å². The molecule has 1 N–H and O–H groups in total. The molecular formula is C23H33IN4O3. The fraction of sp³-hybridized carbons (Fsp3) is 0.435. The van der Waals surface area contributed by atoms with Gasteiger partial charge in [0.2, 0.25) is 5.75 Å². The summed E-state index contributed by atoms with van der Waals surface area (Å²) in [6.45, 7) is 7.17. The molecule has 2 aromatic rings. The van der Waals surface area contributed by atoms with Gasteiger partial charge in [-0.25, -0.2) is 4.99 Å². The van der Waals surface area contributed by atoms with Gasteiger partial charge in [-0.05, 0) is 31.2 Å². The number of nitrogens with zero attached hydrogens (tertiary/aromatic N) is 3. The lowest BCUT2D eigenvalue weighted by molar-refractivity contribution is 0.322. The normalized spacial score (nSPS) is 14.0. The lowest BCUT2D eigenvalue weighted by Gasteiger charge is -2.37. The maximum absolute atomic E-state index is 5.60. The van der Waals surface area contributed by atoms with E-state index in [4.69, 9.17) is 19.2 Å². The van der Waals surface area contributed by atoms with Crippen LogP contribution in [0.5, 0.6) is 17.2 Å². The first kappa shape index (κ1) is 24.9. The van der Waals surface area contributed by atoms with Gasteiger partial charge in [0.15, 0.2) is 17.5 Å². The summed E-state index contributed by atoms with van der Waals surface area (Å²) in [5, 5.41) is 3.43. The quantitative estimate of drug-likeness (QED) is 0.329. The Hall–Kier alpha value is -2.36. The minimum Gasteiger partial charge on any atom is -0.493 e. The highest BCUT2D eigenvalue weighted by Crippen LogP contribution is 2.40. The van der Waals surface area contributed by atoms with E-state index in [2.05, 4.69) is 52.4 Å². The second-order valence-corrected chi connectivity index (χ2v) is 6.97. The Kier molecular flexibility index (Phi) is 10.0. The van der Waals surface area contributed by atoms with Crippen LogP contribution in [-0.4, -0.2) is 64.9 Å². The number of guanidine groups is 1. The third-order valence-electron chi connectivity index (χ3n) is 5.22. The Balaban J connectivity index is 0.00000341. The standard InChI is InChI=1S/C23H32N4O3.HI/c1-5-24-23(27-15-13-26(14-16-27)19-9-7-6-8-10-19)25-17-18-11-12-20(28-2)22(30-4)21(18)29-3;/h6-12H,5,13-17H2,1-4H3,(H,24,25);1H. The highest BCUT2D eigenvalue weighted by atomic mass is 127. The highest BCUT2D eigenvalue weighted by molar-refractivity contribution is 14.0. The van der Waals surface area contributed by atoms with Crippen molar-refractivity contribution >= 4 is 35.6 Å². The first-order chi connectivity index (χ1) is 14.7. The van der Waals surface area contributed by atoms with E-state index in [-0.39, 0.29) is 24.0 Å². The molecule has 0 saturated carbocycles. The van der Waals surface area contributed by atoms with Crippen LogP contribution in [0, 0.1) is 0 Å². The molecule has 8 heteroatoms. The van der Waals surface area contributed by atoms with E-state index in [0.717, 1.165) is 44.2 Å². The molecule has 7 nitrogen and oxygen atoms in total. The molecule has 0 bridgehead atoms. The molecule has 0 atom stereocenters. The Morgan fingerprint density at radius 3 is 2.16 bits per heavy atom. The highest BCUT2D eigenvalue weighted by Gasteiger charge is 2.20. The fourth-order valence-electron chi connectivity index (χ4n) is 3.69. The number of aliphatic imine (C=N–C) groups is 1. The number of benzene rings is 2. The number of anilines is 1. The molecule has 1 aliphatic rings. The second kappa shape index (κ2) is 12.5. The van der Waals surface area contributed by atoms with Gasteiger partial charge >= 0.3 is 0 Å². The third-order valence-corrected chi connectivity index (χ3v) is 5.22. The van der Waals surface area contributed by atoms with Gasteiger partial charge in [-0.15, -0.1) is 24.0 Å². The van der Waals surface area contributed by atoms with E-state index >= 15 is 0 Å². The molecule has 1 aliphatic heterocycles. The van der Waals surface area contributed by atoms with E-state index in [1.54, 1.807) is 21.3 Å². The summed E-state index contributed by atoms with van der Waals surface area (Å²) in [5.41, 5.74) is 2.22. The van der Waals surface area contributed by atoms with Crippen molar-refractivity contribution in [2.45, 2.75) is 13.5 Å². The molecule has 1 fully saturated rings. The predicted octanol–water partition coefficient (Wildman–Crippen LogP) is 3.62. The average molecular weight is 540 g/mol.